The third-order valence-corrected chi connectivity index (χ3v) is 7.02. The largest absolute Gasteiger partial charge is 0.472 e. The van der Waals surface area contributed by atoms with E-state index in [0.29, 0.717) is 18.0 Å². The van der Waals surface area contributed by atoms with Gasteiger partial charge < -0.3 is 9.64 Å². The fourth-order valence-electron chi connectivity index (χ4n) is 5.37. The van der Waals surface area contributed by atoms with Crippen molar-refractivity contribution in [1.82, 2.24) is 24.8 Å². The van der Waals surface area contributed by atoms with Crippen molar-refractivity contribution in [2.24, 2.45) is 11.3 Å². The molecule has 0 bridgehead atoms. The van der Waals surface area contributed by atoms with E-state index in [0.717, 1.165) is 37.5 Å². The zero-order valence-electron chi connectivity index (χ0n) is 17.5. The molecule has 6 rings (SSSR count). The molecule has 3 aromatic rings. The van der Waals surface area contributed by atoms with Gasteiger partial charge in [0.15, 0.2) is 11.6 Å². The number of halogens is 4. The van der Waals surface area contributed by atoms with Gasteiger partial charge in [-0.05, 0) is 37.0 Å². The zero-order valence-corrected chi connectivity index (χ0v) is 17.5. The van der Waals surface area contributed by atoms with Crippen molar-refractivity contribution >= 4 is 5.91 Å². The van der Waals surface area contributed by atoms with Crippen molar-refractivity contribution in [3.8, 4) is 17.4 Å². The van der Waals surface area contributed by atoms with Crippen LogP contribution in [0.25, 0.3) is 11.5 Å². The van der Waals surface area contributed by atoms with Crippen LogP contribution in [0.5, 0.6) is 5.88 Å². The number of carbonyl (C=O) groups is 1. The highest BCUT2D eigenvalue weighted by Crippen LogP contribution is 2.71. The number of pyridine rings is 2. The average molecular weight is 471 g/mol. The lowest BCUT2D eigenvalue weighted by molar-refractivity contribution is -0.137. The van der Waals surface area contributed by atoms with Crippen molar-refractivity contribution in [3.05, 3.63) is 66.0 Å². The highest BCUT2D eigenvalue weighted by Gasteiger charge is 2.76. The summed E-state index contributed by atoms with van der Waals surface area (Å²) in [7, 11) is 0. The molecule has 0 N–H and O–H groups in total. The van der Waals surface area contributed by atoms with Crippen LogP contribution in [-0.4, -0.2) is 49.4 Å². The van der Waals surface area contributed by atoms with Gasteiger partial charge in [0.25, 0.3) is 5.91 Å². The number of carbonyl (C=O) groups excluding carboxylic acids is 1. The van der Waals surface area contributed by atoms with Crippen LogP contribution in [0.1, 0.15) is 28.8 Å². The third-order valence-electron chi connectivity index (χ3n) is 7.02. The maximum Gasteiger partial charge on any atom is 0.417 e. The SMILES string of the molecule is O=C(c1cccnc1-c1ncc(F)cn1)N1CC2CC23CC(Oc2ccc(C(F)(F)F)cn2)C13. The van der Waals surface area contributed by atoms with Gasteiger partial charge in [-0.1, -0.05) is 0 Å². The Labute approximate surface area is 190 Å². The Morgan fingerprint density at radius 1 is 1.06 bits per heavy atom. The highest BCUT2D eigenvalue weighted by molar-refractivity contribution is 5.99. The molecule has 0 aromatic carbocycles. The number of aromatic nitrogens is 4. The predicted molar refractivity (Wildman–Crippen MR) is 109 cm³/mol. The van der Waals surface area contributed by atoms with E-state index in [1.807, 2.05) is 0 Å². The molecule has 0 radical (unpaired) electrons. The number of hydrogen-bond donors (Lipinski definition) is 0. The Balaban J connectivity index is 1.25. The minimum absolute atomic E-state index is 0.0129. The number of alkyl halides is 3. The van der Waals surface area contributed by atoms with Crippen LogP contribution in [0, 0.1) is 17.2 Å². The molecule has 1 spiro atoms. The number of rotatable bonds is 4. The van der Waals surface area contributed by atoms with Gasteiger partial charge in [-0.3, -0.25) is 9.78 Å². The lowest BCUT2D eigenvalue weighted by Gasteiger charge is -2.47. The standard InChI is InChI=1S/C23H17F4N5O2/c24-14-9-30-20(31-10-14)18-15(2-1-5-28-18)21(33)32-11-13-6-22(13)7-16(19(22)32)34-17-4-3-12(8-29-17)23(25,26)27/h1-5,8-10,13,16,19H,6-7,11H2. The van der Waals surface area contributed by atoms with Gasteiger partial charge in [-0.2, -0.15) is 13.2 Å². The Morgan fingerprint density at radius 2 is 1.85 bits per heavy atom. The molecule has 4 unspecified atom stereocenters. The molecule has 4 atom stereocenters. The highest BCUT2D eigenvalue weighted by atomic mass is 19.4. The summed E-state index contributed by atoms with van der Waals surface area (Å²) in [4.78, 5) is 31.3. The second kappa shape index (κ2) is 7.18. The Kier molecular flexibility index (Phi) is 4.42. The summed E-state index contributed by atoms with van der Waals surface area (Å²) in [6.07, 6.45) is 1.13. The quantitative estimate of drug-likeness (QED) is 0.539. The molecule has 2 aliphatic carbocycles. The van der Waals surface area contributed by atoms with Crippen LogP contribution in [0.15, 0.2) is 49.1 Å². The van der Waals surface area contributed by atoms with Gasteiger partial charge in [0.05, 0.1) is 29.6 Å². The minimum Gasteiger partial charge on any atom is -0.472 e. The van der Waals surface area contributed by atoms with E-state index >= 15 is 0 Å². The van der Waals surface area contributed by atoms with E-state index < -0.39 is 17.6 Å². The number of hydrogen-bond acceptors (Lipinski definition) is 6. The second-order valence-corrected chi connectivity index (χ2v) is 8.90. The van der Waals surface area contributed by atoms with Crippen LogP contribution < -0.4 is 4.74 Å². The van der Waals surface area contributed by atoms with Gasteiger partial charge >= 0.3 is 6.18 Å². The van der Waals surface area contributed by atoms with E-state index in [4.69, 9.17) is 4.74 Å². The lowest BCUT2D eigenvalue weighted by Crippen LogP contribution is -2.59. The van der Waals surface area contributed by atoms with Crippen molar-refractivity contribution in [2.45, 2.75) is 31.2 Å². The van der Waals surface area contributed by atoms with Crippen LogP contribution in [0.4, 0.5) is 17.6 Å². The summed E-state index contributed by atoms with van der Waals surface area (Å²) in [6.45, 7) is 0.558. The fourth-order valence-corrected chi connectivity index (χ4v) is 5.37. The smallest absolute Gasteiger partial charge is 0.417 e. The van der Waals surface area contributed by atoms with Gasteiger partial charge in [0.2, 0.25) is 5.88 Å². The topological polar surface area (TPSA) is 81.1 Å². The molecule has 2 saturated carbocycles. The molecule has 174 valence electrons. The molecule has 11 heteroatoms. The van der Waals surface area contributed by atoms with Crippen LogP contribution in [-0.2, 0) is 6.18 Å². The number of amides is 1. The van der Waals surface area contributed by atoms with Crippen molar-refractivity contribution in [2.75, 3.05) is 6.54 Å². The summed E-state index contributed by atoms with van der Waals surface area (Å²) in [5.74, 6) is -0.267. The Bertz CT molecular complexity index is 1270. The van der Waals surface area contributed by atoms with E-state index in [2.05, 4.69) is 19.9 Å². The molecule has 34 heavy (non-hydrogen) atoms. The average Bonchev–Trinajstić information content (AvgIpc) is 3.47. The van der Waals surface area contributed by atoms with Gasteiger partial charge in [0, 0.05) is 30.4 Å². The molecule has 3 aromatic heterocycles. The van der Waals surface area contributed by atoms with E-state index in [1.54, 1.807) is 17.0 Å². The first-order valence-electron chi connectivity index (χ1n) is 10.7. The molecule has 4 heterocycles. The van der Waals surface area contributed by atoms with E-state index in [9.17, 15) is 22.4 Å². The van der Waals surface area contributed by atoms with Gasteiger partial charge in [-0.25, -0.2) is 19.3 Å². The first-order chi connectivity index (χ1) is 16.3. The Hall–Kier alpha value is -3.63. The maximum atomic E-state index is 13.6. The van der Waals surface area contributed by atoms with Crippen molar-refractivity contribution in [1.29, 1.82) is 0 Å². The summed E-state index contributed by atoms with van der Waals surface area (Å²) < 4.78 is 57.6. The molecule has 1 aliphatic heterocycles. The zero-order chi connectivity index (χ0) is 23.7. The molecule has 3 fully saturated rings. The van der Waals surface area contributed by atoms with Crippen molar-refractivity contribution < 1.29 is 27.1 Å². The monoisotopic (exact) mass is 471 g/mol. The number of ether oxygens (including phenoxy) is 1. The fraction of sp³-hybridized carbons (Fsp3) is 0.348. The normalized spacial score (nSPS) is 26.9. The molecule has 3 aliphatic rings. The first kappa shape index (κ1) is 20.9. The maximum absolute atomic E-state index is 13.6. The third kappa shape index (κ3) is 3.21. The van der Waals surface area contributed by atoms with Crippen LogP contribution in [0.2, 0.25) is 0 Å². The van der Waals surface area contributed by atoms with E-state index in [-0.39, 0.29) is 40.9 Å². The summed E-state index contributed by atoms with van der Waals surface area (Å²) >= 11 is 0. The summed E-state index contributed by atoms with van der Waals surface area (Å²) in [6, 6.07) is 5.17. The number of likely N-dealkylation sites (tertiary alicyclic amines) is 1. The van der Waals surface area contributed by atoms with Crippen LogP contribution >= 0.6 is 0 Å². The summed E-state index contributed by atoms with van der Waals surface area (Å²) in [5, 5.41) is 0. The van der Waals surface area contributed by atoms with Crippen molar-refractivity contribution in [3.63, 3.8) is 0 Å². The lowest BCUT2D eigenvalue weighted by atomic mass is 9.73. The molecule has 7 nitrogen and oxygen atoms in total. The molecular formula is C23H17F4N5O2. The molecule has 1 amide bonds. The first-order valence-corrected chi connectivity index (χ1v) is 10.7. The Morgan fingerprint density at radius 3 is 2.56 bits per heavy atom. The van der Waals surface area contributed by atoms with E-state index in [1.165, 1.54) is 12.3 Å². The number of piperidine rings is 1. The van der Waals surface area contributed by atoms with Gasteiger partial charge in [0.1, 0.15) is 11.8 Å². The summed E-state index contributed by atoms with van der Waals surface area (Å²) in [5.41, 5.74) is -0.315. The number of nitrogens with zero attached hydrogens (tertiary/aromatic N) is 5. The predicted octanol–water partition coefficient (Wildman–Crippen LogP) is 3.77. The molecular weight excluding hydrogens is 454 g/mol. The minimum atomic E-state index is -4.47. The van der Waals surface area contributed by atoms with Crippen LogP contribution in [0.3, 0.4) is 0 Å². The second-order valence-electron chi connectivity index (χ2n) is 8.90. The van der Waals surface area contributed by atoms with Gasteiger partial charge in [-0.15, -0.1) is 0 Å². The molecule has 1 saturated heterocycles.